The summed E-state index contributed by atoms with van der Waals surface area (Å²) < 4.78 is 1.47. The molecule has 0 bridgehead atoms. The molecule has 0 aromatic heterocycles. The molecule has 2 N–H and O–H groups in total. The van der Waals surface area contributed by atoms with Crippen LogP contribution < -0.4 is 5.32 Å². The van der Waals surface area contributed by atoms with Crippen LogP contribution in [0.15, 0.2) is 45.3 Å². The molecular weight excluding hydrogens is 445 g/mol. The number of benzene rings is 2. The topological polar surface area (TPSA) is 49.3 Å². The van der Waals surface area contributed by atoms with Gasteiger partial charge in [0.15, 0.2) is 6.04 Å². The maximum Gasteiger partial charge on any atom is 0.330 e. The summed E-state index contributed by atoms with van der Waals surface area (Å²) in [6.45, 7) is 0. The molecule has 1 atom stereocenters. The predicted octanol–water partition coefficient (Wildman–Crippen LogP) is 5.76. The van der Waals surface area contributed by atoms with Crippen molar-refractivity contribution in [2.75, 3.05) is 5.32 Å². The number of carboxylic acid groups (broad SMARTS) is 1. The van der Waals surface area contributed by atoms with Gasteiger partial charge in [0.05, 0.1) is 5.02 Å². The standard InChI is InChI=1S/C14H9Br2Cl2NO2/c15-7-1-3-9(12(18)5-7)13(14(20)21)19-8-2-4-11(17)10(16)6-8/h1-6,13,19H,(H,20,21). The fraction of sp³-hybridized carbons (Fsp3) is 0.0714. The second kappa shape index (κ2) is 7.01. The van der Waals surface area contributed by atoms with Crippen LogP contribution in [0.4, 0.5) is 5.69 Å². The van der Waals surface area contributed by atoms with E-state index in [1.165, 1.54) is 0 Å². The van der Waals surface area contributed by atoms with E-state index in [0.717, 1.165) is 4.47 Å². The summed E-state index contributed by atoms with van der Waals surface area (Å²) >= 11 is 18.6. The molecule has 0 aliphatic heterocycles. The molecule has 0 amide bonds. The third-order valence-corrected chi connectivity index (χ3v) is 4.79. The highest BCUT2D eigenvalue weighted by molar-refractivity contribution is 9.10. The Morgan fingerprint density at radius 2 is 1.81 bits per heavy atom. The van der Waals surface area contributed by atoms with Crippen molar-refractivity contribution in [3.05, 3.63) is 61.0 Å². The van der Waals surface area contributed by atoms with Gasteiger partial charge in [0.25, 0.3) is 0 Å². The van der Waals surface area contributed by atoms with Crippen LogP contribution in [0.25, 0.3) is 0 Å². The molecule has 2 aromatic rings. The molecule has 2 rings (SSSR count). The van der Waals surface area contributed by atoms with Gasteiger partial charge >= 0.3 is 5.97 Å². The van der Waals surface area contributed by atoms with E-state index in [1.54, 1.807) is 36.4 Å². The number of nitrogens with one attached hydrogen (secondary N) is 1. The number of rotatable bonds is 4. The molecule has 0 heterocycles. The maximum absolute atomic E-state index is 11.5. The van der Waals surface area contributed by atoms with Gasteiger partial charge in [0.1, 0.15) is 0 Å². The fourth-order valence-corrected chi connectivity index (χ4v) is 3.04. The molecule has 110 valence electrons. The Morgan fingerprint density at radius 1 is 1.10 bits per heavy atom. The molecule has 0 aliphatic rings. The van der Waals surface area contributed by atoms with Gasteiger partial charge in [-0.1, -0.05) is 45.2 Å². The maximum atomic E-state index is 11.5. The van der Waals surface area contributed by atoms with Crippen molar-refractivity contribution in [2.45, 2.75) is 6.04 Å². The molecule has 0 fully saturated rings. The predicted molar refractivity (Wildman–Crippen MR) is 92.3 cm³/mol. The van der Waals surface area contributed by atoms with Gasteiger partial charge in [-0.2, -0.15) is 0 Å². The smallest absolute Gasteiger partial charge is 0.330 e. The summed E-state index contributed by atoms with van der Waals surface area (Å²) in [5.74, 6) is -1.02. The van der Waals surface area contributed by atoms with Crippen molar-refractivity contribution in [1.29, 1.82) is 0 Å². The lowest BCUT2D eigenvalue weighted by Crippen LogP contribution is -2.20. The summed E-state index contributed by atoms with van der Waals surface area (Å²) in [6.07, 6.45) is 0. The zero-order valence-electron chi connectivity index (χ0n) is 10.4. The van der Waals surface area contributed by atoms with Gasteiger partial charge in [-0.25, -0.2) is 4.79 Å². The first kappa shape index (κ1) is 16.6. The molecule has 0 saturated heterocycles. The summed E-state index contributed by atoms with van der Waals surface area (Å²) in [4.78, 5) is 11.5. The van der Waals surface area contributed by atoms with Crippen molar-refractivity contribution in [1.82, 2.24) is 0 Å². The van der Waals surface area contributed by atoms with E-state index in [9.17, 15) is 9.90 Å². The second-order valence-corrected chi connectivity index (χ2v) is 6.79. The first-order valence-electron chi connectivity index (χ1n) is 5.78. The number of halogens is 4. The van der Waals surface area contributed by atoms with E-state index in [4.69, 9.17) is 23.2 Å². The number of carbonyl (C=O) groups is 1. The van der Waals surface area contributed by atoms with E-state index < -0.39 is 12.0 Å². The Labute approximate surface area is 148 Å². The molecule has 7 heteroatoms. The van der Waals surface area contributed by atoms with Crippen molar-refractivity contribution in [3.63, 3.8) is 0 Å². The highest BCUT2D eigenvalue weighted by atomic mass is 79.9. The number of carboxylic acids is 1. The van der Waals surface area contributed by atoms with Crippen LogP contribution in [0.2, 0.25) is 10.0 Å². The van der Waals surface area contributed by atoms with Crippen molar-refractivity contribution < 1.29 is 9.90 Å². The highest BCUT2D eigenvalue weighted by Gasteiger charge is 2.22. The van der Waals surface area contributed by atoms with Gasteiger partial charge < -0.3 is 10.4 Å². The Hall–Kier alpha value is -0.750. The van der Waals surface area contributed by atoms with Crippen LogP contribution in [0.1, 0.15) is 11.6 Å². The van der Waals surface area contributed by atoms with Gasteiger partial charge in [-0.3, -0.25) is 0 Å². The highest BCUT2D eigenvalue weighted by Crippen LogP contribution is 2.31. The Bertz CT molecular complexity index is 695. The minimum atomic E-state index is -1.02. The summed E-state index contributed by atoms with van der Waals surface area (Å²) in [5, 5.41) is 13.3. The van der Waals surface area contributed by atoms with Gasteiger partial charge in [-0.05, 0) is 46.3 Å². The fourth-order valence-electron chi connectivity index (χ4n) is 1.76. The normalized spacial score (nSPS) is 12.0. The number of hydrogen-bond donors (Lipinski definition) is 2. The quantitative estimate of drug-likeness (QED) is 0.619. The Morgan fingerprint density at radius 3 is 2.38 bits per heavy atom. The molecule has 1 unspecified atom stereocenters. The van der Waals surface area contributed by atoms with E-state index in [1.807, 2.05) is 0 Å². The lowest BCUT2D eigenvalue weighted by Gasteiger charge is -2.18. The minimum Gasteiger partial charge on any atom is -0.479 e. The zero-order valence-corrected chi connectivity index (χ0v) is 15.1. The van der Waals surface area contributed by atoms with E-state index in [-0.39, 0.29) is 0 Å². The summed E-state index contributed by atoms with van der Waals surface area (Å²) in [7, 11) is 0. The molecule has 2 aromatic carbocycles. The molecule has 21 heavy (non-hydrogen) atoms. The van der Waals surface area contributed by atoms with Crippen LogP contribution in [0.3, 0.4) is 0 Å². The van der Waals surface area contributed by atoms with Crippen LogP contribution in [-0.4, -0.2) is 11.1 Å². The number of aliphatic carboxylic acids is 1. The molecule has 0 radical (unpaired) electrons. The number of hydrogen-bond acceptors (Lipinski definition) is 2. The lowest BCUT2D eigenvalue weighted by atomic mass is 10.1. The molecule has 0 aliphatic carbocycles. The molecular formula is C14H9Br2Cl2NO2. The van der Waals surface area contributed by atoms with Crippen molar-refractivity contribution in [3.8, 4) is 0 Å². The van der Waals surface area contributed by atoms with E-state index in [0.29, 0.717) is 25.8 Å². The monoisotopic (exact) mass is 451 g/mol. The molecule has 0 saturated carbocycles. The largest absolute Gasteiger partial charge is 0.479 e. The minimum absolute atomic E-state index is 0.373. The molecule has 3 nitrogen and oxygen atoms in total. The van der Waals surface area contributed by atoms with Gasteiger partial charge in [0.2, 0.25) is 0 Å². The average Bonchev–Trinajstić information content (AvgIpc) is 2.40. The third-order valence-electron chi connectivity index (χ3n) is 2.75. The van der Waals surface area contributed by atoms with E-state index >= 15 is 0 Å². The van der Waals surface area contributed by atoms with Gasteiger partial charge in [0, 0.05) is 25.2 Å². The van der Waals surface area contributed by atoms with Crippen LogP contribution in [0.5, 0.6) is 0 Å². The SMILES string of the molecule is O=C(O)C(Nc1ccc(Cl)c(Br)c1)c1ccc(Br)cc1Cl. The second-order valence-electron chi connectivity index (χ2n) is 4.21. The average molecular weight is 454 g/mol. The van der Waals surface area contributed by atoms with Crippen LogP contribution in [-0.2, 0) is 4.79 Å². The summed E-state index contributed by atoms with van der Waals surface area (Å²) in [5.41, 5.74) is 1.11. The van der Waals surface area contributed by atoms with Crippen molar-refractivity contribution >= 4 is 66.7 Å². The summed E-state index contributed by atoms with van der Waals surface area (Å²) in [6, 6.07) is 9.21. The third kappa shape index (κ3) is 4.13. The zero-order chi connectivity index (χ0) is 15.6. The van der Waals surface area contributed by atoms with Crippen LogP contribution >= 0.6 is 55.1 Å². The Balaban J connectivity index is 2.35. The lowest BCUT2D eigenvalue weighted by molar-refractivity contribution is -0.138. The molecule has 0 spiro atoms. The number of anilines is 1. The van der Waals surface area contributed by atoms with Crippen LogP contribution in [0, 0.1) is 0 Å². The Kier molecular flexibility index (Phi) is 5.54. The first-order valence-corrected chi connectivity index (χ1v) is 8.12. The van der Waals surface area contributed by atoms with Crippen molar-refractivity contribution in [2.24, 2.45) is 0 Å². The first-order chi connectivity index (χ1) is 9.88. The van der Waals surface area contributed by atoms with E-state index in [2.05, 4.69) is 37.2 Å². The van der Waals surface area contributed by atoms with Gasteiger partial charge in [-0.15, -0.1) is 0 Å².